The molecule has 0 bridgehead atoms. The van der Waals surface area contributed by atoms with Crippen LogP contribution >= 0.6 is 0 Å². The molecule has 0 spiro atoms. The number of sulfonamides is 1. The summed E-state index contributed by atoms with van der Waals surface area (Å²) in [4.78, 5) is 10.7. The van der Waals surface area contributed by atoms with E-state index in [4.69, 9.17) is 5.11 Å². The first-order chi connectivity index (χ1) is 9.23. The standard InChI is InChI=1S/C12H14FNO5S/c1-7-2-3-9(5-10(7)13)20(18,19)14-6-8(15)4-11(14)12(16)17/h2-3,5,8,11,15H,4,6H2,1H3,(H,16,17)/t8-,11+/m1/s1. The smallest absolute Gasteiger partial charge is 0.322 e. The van der Waals surface area contributed by atoms with Gasteiger partial charge in [-0.25, -0.2) is 12.8 Å². The fourth-order valence-corrected chi connectivity index (χ4v) is 3.79. The molecule has 1 heterocycles. The van der Waals surface area contributed by atoms with Gasteiger partial charge < -0.3 is 10.2 Å². The molecule has 0 unspecified atom stereocenters. The molecule has 0 radical (unpaired) electrons. The number of nitrogens with zero attached hydrogens (tertiary/aromatic N) is 1. The number of carboxylic acids is 1. The highest BCUT2D eigenvalue weighted by atomic mass is 32.2. The van der Waals surface area contributed by atoms with Crippen LogP contribution in [0.25, 0.3) is 0 Å². The van der Waals surface area contributed by atoms with Crippen LogP contribution in [-0.4, -0.2) is 47.6 Å². The number of benzene rings is 1. The molecule has 2 rings (SSSR count). The number of aliphatic hydroxyl groups excluding tert-OH is 1. The highest BCUT2D eigenvalue weighted by Gasteiger charge is 2.43. The zero-order valence-corrected chi connectivity index (χ0v) is 11.5. The van der Waals surface area contributed by atoms with Crippen molar-refractivity contribution in [2.24, 2.45) is 0 Å². The number of aliphatic carboxylic acids is 1. The van der Waals surface area contributed by atoms with E-state index in [9.17, 15) is 22.7 Å². The second-order valence-electron chi connectivity index (χ2n) is 4.73. The van der Waals surface area contributed by atoms with E-state index in [0.717, 1.165) is 6.07 Å². The van der Waals surface area contributed by atoms with Crippen molar-refractivity contribution in [1.82, 2.24) is 4.31 Å². The van der Waals surface area contributed by atoms with Gasteiger partial charge in [-0.1, -0.05) is 6.07 Å². The van der Waals surface area contributed by atoms with E-state index in [-0.39, 0.29) is 17.9 Å². The van der Waals surface area contributed by atoms with Crippen molar-refractivity contribution in [1.29, 1.82) is 0 Å². The summed E-state index contributed by atoms with van der Waals surface area (Å²) in [7, 11) is -4.15. The fraction of sp³-hybridized carbons (Fsp3) is 0.417. The van der Waals surface area contributed by atoms with Crippen LogP contribution in [0.15, 0.2) is 23.1 Å². The number of aryl methyl sites for hydroxylation is 1. The van der Waals surface area contributed by atoms with Crippen molar-refractivity contribution in [3.63, 3.8) is 0 Å². The van der Waals surface area contributed by atoms with Crippen LogP contribution in [0.3, 0.4) is 0 Å². The van der Waals surface area contributed by atoms with E-state index in [1.165, 1.54) is 19.1 Å². The second-order valence-corrected chi connectivity index (χ2v) is 6.62. The van der Waals surface area contributed by atoms with Crippen molar-refractivity contribution in [3.05, 3.63) is 29.6 Å². The molecule has 1 aliphatic rings. The monoisotopic (exact) mass is 303 g/mol. The quantitative estimate of drug-likeness (QED) is 0.840. The first-order valence-corrected chi connectivity index (χ1v) is 7.36. The van der Waals surface area contributed by atoms with Crippen LogP contribution in [-0.2, 0) is 14.8 Å². The van der Waals surface area contributed by atoms with Crippen molar-refractivity contribution in [3.8, 4) is 0 Å². The summed E-state index contributed by atoms with van der Waals surface area (Å²) in [5.41, 5.74) is 0.292. The second kappa shape index (κ2) is 5.12. The van der Waals surface area contributed by atoms with Gasteiger partial charge in [0, 0.05) is 13.0 Å². The zero-order valence-electron chi connectivity index (χ0n) is 10.7. The van der Waals surface area contributed by atoms with Gasteiger partial charge in [0.2, 0.25) is 10.0 Å². The van der Waals surface area contributed by atoms with E-state index in [0.29, 0.717) is 9.87 Å². The molecule has 0 amide bonds. The normalized spacial score (nSPS) is 23.9. The number of carbonyl (C=O) groups is 1. The van der Waals surface area contributed by atoms with Gasteiger partial charge in [0.15, 0.2) is 0 Å². The van der Waals surface area contributed by atoms with Crippen molar-refractivity contribution >= 4 is 16.0 Å². The minimum absolute atomic E-state index is 0.178. The van der Waals surface area contributed by atoms with E-state index in [1.807, 2.05) is 0 Å². The lowest BCUT2D eigenvalue weighted by atomic mass is 10.2. The van der Waals surface area contributed by atoms with Crippen molar-refractivity contribution < 1.29 is 27.8 Å². The SMILES string of the molecule is Cc1ccc(S(=O)(=O)N2C[C@H](O)C[C@H]2C(=O)O)cc1F. The van der Waals surface area contributed by atoms with Gasteiger partial charge in [0.25, 0.3) is 0 Å². The lowest BCUT2D eigenvalue weighted by Crippen LogP contribution is -2.40. The van der Waals surface area contributed by atoms with Gasteiger partial charge in [0.05, 0.1) is 11.0 Å². The molecule has 110 valence electrons. The minimum atomic E-state index is -4.15. The third-order valence-corrected chi connectivity index (χ3v) is 5.14. The minimum Gasteiger partial charge on any atom is -0.480 e. The van der Waals surface area contributed by atoms with Crippen LogP contribution in [0.4, 0.5) is 4.39 Å². The first kappa shape index (κ1) is 14.9. The summed E-state index contributed by atoms with van der Waals surface area (Å²) >= 11 is 0. The number of hydrogen-bond donors (Lipinski definition) is 2. The van der Waals surface area contributed by atoms with Crippen LogP contribution < -0.4 is 0 Å². The maximum absolute atomic E-state index is 13.5. The molecule has 6 nitrogen and oxygen atoms in total. The Balaban J connectivity index is 2.43. The molecule has 1 aromatic carbocycles. The van der Waals surface area contributed by atoms with E-state index in [2.05, 4.69) is 0 Å². The van der Waals surface area contributed by atoms with Crippen molar-refractivity contribution in [2.45, 2.75) is 30.4 Å². The lowest BCUT2D eigenvalue weighted by Gasteiger charge is -2.20. The summed E-state index contributed by atoms with van der Waals surface area (Å²) < 4.78 is 38.9. The van der Waals surface area contributed by atoms with E-state index in [1.54, 1.807) is 0 Å². The summed E-state index contributed by atoms with van der Waals surface area (Å²) in [6, 6.07) is 2.05. The highest BCUT2D eigenvalue weighted by molar-refractivity contribution is 7.89. The summed E-state index contributed by atoms with van der Waals surface area (Å²) in [5, 5.41) is 18.5. The number of carboxylic acid groups (broad SMARTS) is 1. The van der Waals surface area contributed by atoms with E-state index >= 15 is 0 Å². The first-order valence-electron chi connectivity index (χ1n) is 5.92. The van der Waals surface area contributed by atoms with Crippen LogP contribution in [0, 0.1) is 12.7 Å². The third-order valence-electron chi connectivity index (χ3n) is 3.27. The number of halogens is 1. The van der Waals surface area contributed by atoms with Crippen molar-refractivity contribution in [2.75, 3.05) is 6.54 Å². The highest BCUT2D eigenvalue weighted by Crippen LogP contribution is 2.27. The maximum Gasteiger partial charge on any atom is 0.322 e. The molecule has 0 aromatic heterocycles. The Labute approximate surface area is 115 Å². The molecular formula is C12H14FNO5S. The van der Waals surface area contributed by atoms with Crippen LogP contribution in [0.1, 0.15) is 12.0 Å². The van der Waals surface area contributed by atoms with Gasteiger partial charge in [0.1, 0.15) is 11.9 Å². The van der Waals surface area contributed by atoms with Gasteiger partial charge in [-0.3, -0.25) is 4.79 Å². The zero-order chi connectivity index (χ0) is 15.1. The molecule has 20 heavy (non-hydrogen) atoms. The molecule has 1 aliphatic heterocycles. The number of rotatable bonds is 3. The Bertz CT molecular complexity index is 645. The van der Waals surface area contributed by atoms with Gasteiger partial charge in [-0.2, -0.15) is 4.31 Å². The summed E-state index contributed by atoms with van der Waals surface area (Å²) in [6.45, 7) is 1.18. The van der Waals surface area contributed by atoms with Gasteiger partial charge in [-0.15, -0.1) is 0 Å². The topological polar surface area (TPSA) is 94.9 Å². The number of β-amino-alcohol motifs (C(OH)–C–C–N with tert-alkyl or cyclic N) is 1. The molecule has 1 fully saturated rings. The molecular weight excluding hydrogens is 289 g/mol. The molecule has 1 aromatic rings. The predicted octanol–water partition coefficient (Wildman–Crippen LogP) is 0.343. The predicted molar refractivity (Wildman–Crippen MR) is 67.1 cm³/mol. The largest absolute Gasteiger partial charge is 0.480 e. The summed E-state index contributed by atoms with van der Waals surface area (Å²) in [5.74, 6) is -2.02. The average molecular weight is 303 g/mol. The maximum atomic E-state index is 13.5. The third kappa shape index (κ3) is 2.54. The average Bonchev–Trinajstić information content (AvgIpc) is 2.75. The lowest BCUT2D eigenvalue weighted by molar-refractivity contribution is -0.140. The Kier molecular flexibility index (Phi) is 3.81. The number of aliphatic hydroxyl groups is 1. The Morgan fingerprint density at radius 1 is 1.45 bits per heavy atom. The molecule has 8 heteroatoms. The van der Waals surface area contributed by atoms with Crippen LogP contribution in [0.2, 0.25) is 0 Å². The Morgan fingerprint density at radius 2 is 2.10 bits per heavy atom. The molecule has 0 saturated carbocycles. The number of hydrogen-bond acceptors (Lipinski definition) is 4. The van der Waals surface area contributed by atoms with Gasteiger partial charge >= 0.3 is 5.97 Å². The molecule has 2 N–H and O–H groups in total. The van der Waals surface area contributed by atoms with E-state index < -0.39 is 34.0 Å². The molecule has 1 saturated heterocycles. The molecule has 2 atom stereocenters. The fourth-order valence-electron chi connectivity index (χ4n) is 2.14. The Hall–Kier alpha value is -1.51. The summed E-state index contributed by atoms with van der Waals surface area (Å²) in [6.07, 6.45) is -1.22. The molecule has 0 aliphatic carbocycles. The van der Waals surface area contributed by atoms with Crippen LogP contribution in [0.5, 0.6) is 0 Å². The van der Waals surface area contributed by atoms with Gasteiger partial charge in [-0.05, 0) is 24.6 Å². The Morgan fingerprint density at radius 3 is 2.65 bits per heavy atom.